The molecule has 2 saturated heterocycles. The monoisotopic (exact) mass is 643 g/mol. The Balaban J connectivity index is 1.22. The quantitative estimate of drug-likeness (QED) is 0.345. The first-order valence-electron chi connectivity index (χ1n) is 18.3. The molecule has 5 aliphatic rings. The smallest absolute Gasteiger partial charge is 0.306 e. The third-order valence-corrected chi connectivity index (χ3v) is 12.2. The van der Waals surface area contributed by atoms with Gasteiger partial charge < -0.3 is 24.1 Å². The van der Waals surface area contributed by atoms with Crippen LogP contribution in [0.2, 0.25) is 0 Å². The van der Waals surface area contributed by atoms with Crippen molar-refractivity contribution >= 4 is 11.8 Å². The Labute approximate surface area is 280 Å². The number of allylic oxidation sites excluding steroid dienone is 2. The van der Waals surface area contributed by atoms with Gasteiger partial charge in [0.25, 0.3) is 0 Å². The third-order valence-electron chi connectivity index (χ3n) is 12.2. The summed E-state index contributed by atoms with van der Waals surface area (Å²) < 4.78 is 19.3. The molecule has 3 aliphatic carbocycles. The second-order valence-electron chi connectivity index (χ2n) is 15.1. The summed E-state index contributed by atoms with van der Waals surface area (Å²) in [5, 5.41) is 0. The van der Waals surface area contributed by atoms with Crippen molar-refractivity contribution in [1.82, 2.24) is 14.9 Å². The third kappa shape index (κ3) is 6.26. The van der Waals surface area contributed by atoms with Gasteiger partial charge in [-0.2, -0.15) is 0 Å². The number of hydrogen-bond donors (Lipinski definition) is 1. The van der Waals surface area contributed by atoms with Gasteiger partial charge in [0.15, 0.2) is 12.1 Å². The lowest BCUT2D eigenvalue weighted by Gasteiger charge is -2.40. The van der Waals surface area contributed by atoms with E-state index in [1.165, 1.54) is 0 Å². The maximum Gasteiger partial charge on any atom is 0.306 e. The molecule has 0 spiro atoms. The van der Waals surface area contributed by atoms with Crippen LogP contribution in [0.3, 0.4) is 0 Å². The number of rotatable bonds is 5. The van der Waals surface area contributed by atoms with Gasteiger partial charge in [-0.15, -0.1) is 0 Å². The molecule has 8 nitrogen and oxygen atoms in total. The molecule has 11 atom stereocenters. The molecule has 0 amide bonds. The molecule has 8 heteroatoms. The number of carbonyl (C=O) groups is 2. The highest BCUT2D eigenvalue weighted by Crippen LogP contribution is 2.60. The Morgan fingerprint density at radius 1 is 0.979 bits per heavy atom. The molecule has 47 heavy (non-hydrogen) atoms. The number of nitrogens with zero attached hydrogens (tertiary/aromatic N) is 2. The van der Waals surface area contributed by atoms with Crippen LogP contribution in [0.15, 0.2) is 42.0 Å². The predicted molar refractivity (Wildman–Crippen MR) is 181 cm³/mol. The fraction of sp³-hybridized carbons (Fsp3) is 0.667. The fourth-order valence-electron chi connectivity index (χ4n) is 9.73. The Morgan fingerprint density at radius 3 is 2.51 bits per heavy atom. The maximum absolute atomic E-state index is 14.7. The number of aromatic amines is 1. The number of hydrogen-bond acceptors (Lipinski definition) is 7. The first-order valence-corrected chi connectivity index (χ1v) is 18.3. The van der Waals surface area contributed by atoms with E-state index in [0.29, 0.717) is 17.9 Å². The van der Waals surface area contributed by atoms with Crippen LogP contribution in [-0.4, -0.2) is 71.4 Å². The lowest BCUT2D eigenvalue weighted by atomic mass is 9.67. The summed E-state index contributed by atoms with van der Waals surface area (Å²) in [5.41, 5.74) is 4.12. The minimum absolute atomic E-state index is 0.000826. The molecule has 1 saturated carbocycles. The van der Waals surface area contributed by atoms with Crippen molar-refractivity contribution < 1.29 is 23.8 Å². The summed E-state index contributed by atoms with van der Waals surface area (Å²) >= 11 is 0. The van der Waals surface area contributed by atoms with Gasteiger partial charge in [0.05, 0.1) is 24.3 Å². The average molecular weight is 644 g/mol. The van der Waals surface area contributed by atoms with Crippen LogP contribution in [0.4, 0.5) is 0 Å². The molecule has 7 rings (SSSR count). The van der Waals surface area contributed by atoms with E-state index in [-0.39, 0.29) is 66.4 Å². The largest absolute Gasteiger partial charge is 0.462 e. The number of ether oxygens (including phenoxy) is 3. The van der Waals surface area contributed by atoms with Gasteiger partial charge in [-0.3, -0.25) is 9.59 Å². The van der Waals surface area contributed by atoms with Crippen LogP contribution < -0.4 is 0 Å². The number of imidazole rings is 1. The van der Waals surface area contributed by atoms with Gasteiger partial charge in [0, 0.05) is 41.0 Å². The molecule has 0 bridgehead atoms. The number of aromatic nitrogens is 2. The molecule has 1 aromatic heterocycles. The average Bonchev–Trinajstić information content (AvgIpc) is 3.80. The van der Waals surface area contributed by atoms with Gasteiger partial charge >= 0.3 is 5.97 Å². The summed E-state index contributed by atoms with van der Waals surface area (Å²) in [4.78, 5) is 39.6. The molecular formula is C39H53N3O5. The Hall–Kier alpha value is -2.81. The van der Waals surface area contributed by atoms with Crippen LogP contribution >= 0.6 is 0 Å². The standard InChI is InChI=1S/C39H53N3O5/c1-6-25-14-10-17-32(47-34-19-18-31(42(4)5)23(3)45-34)22(2)38(44)30-20-28-26-15-11-16-27(26)36-37(35(28)29(30)21-33(43)46-25)41-39(40-36)24-12-8-7-9-13-24/h7-9,12-13,20,22-23,25-29,31-32,34-35H,6,10-11,14-19,21H2,1-5H3,(H,40,41)/t22-,23?,25+,26-,27-,28+,29-,31+,32+,34+,35-/m1/s1. The molecule has 3 fully saturated rings. The van der Waals surface area contributed by atoms with Crippen molar-refractivity contribution in [2.24, 2.45) is 23.7 Å². The number of benzene rings is 1. The van der Waals surface area contributed by atoms with Crippen molar-refractivity contribution in [3.63, 3.8) is 0 Å². The van der Waals surface area contributed by atoms with Crippen LogP contribution in [0.5, 0.6) is 0 Å². The first-order chi connectivity index (χ1) is 22.7. The summed E-state index contributed by atoms with van der Waals surface area (Å²) in [6.07, 6.45) is 10.1. The zero-order valence-electron chi connectivity index (χ0n) is 28.8. The van der Waals surface area contributed by atoms with E-state index in [4.69, 9.17) is 19.2 Å². The SMILES string of the molecule is CC[C@H]1CCC[C@H](O[C@H]2CC[C@H](N(C)C)C(C)O2)[C@@H](C)C(=O)C2=C[C@H]3[C@@H]4CCC[C@H]4c4nc(-c5ccccc5)[nH]c4[C@H]3[C@@H]2CC(=O)O1. The molecule has 254 valence electrons. The molecular weight excluding hydrogens is 590 g/mol. The maximum atomic E-state index is 14.7. The summed E-state index contributed by atoms with van der Waals surface area (Å²) in [6.45, 7) is 6.24. The summed E-state index contributed by atoms with van der Waals surface area (Å²) in [6, 6.07) is 10.6. The van der Waals surface area contributed by atoms with Crippen molar-refractivity contribution in [3.8, 4) is 11.4 Å². The van der Waals surface area contributed by atoms with E-state index in [2.05, 4.69) is 56.0 Å². The molecule has 1 N–H and O–H groups in total. The van der Waals surface area contributed by atoms with Crippen molar-refractivity contribution in [2.75, 3.05) is 14.1 Å². The second kappa shape index (κ2) is 13.6. The van der Waals surface area contributed by atoms with E-state index >= 15 is 0 Å². The van der Waals surface area contributed by atoms with E-state index < -0.39 is 0 Å². The first kappa shape index (κ1) is 32.7. The number of carbonyl (C=O) groups excluding carboxylic acids is 2. The van der Waals surface area contributed by atoms with Crippen molar-refractivity contribution in [3.05, 3.63) is 53.4 Å². The zero-order chi connectivity index (χ0) is 32.8. The van der Waals surface area contributed by atoms with Crippen LogP contribution in [-0.2, 0) is 23.8 Å². The number of fused-ring (bicyclic) bond motifs is 8. The topological polar surface area (TPSA) is 93.8 Å². The van der Waals surface area contributed by atoms with Crippen LogP contribution in [0.1, 0.15) is 108 Å². The molecule has 2 aromatic rings. The number of esters is 1. The lowest BCUT2D eigenvalue weighted by molar-refractivity contribution is -0.231. The fourth-order valence-corrected chi connectivity index (χ4v) is 9.73. The minimum atomic E-state index is -0.342. The zero-order valence-corrected chi connectivity index (χ0v) is 28.8. The van der Waals surface area contributed by atoms with Gasteiger partial charge in [-0.25, -0.2) is 4.98 Å². The highest BCUT2D eigenvalue weighted by molar-refractivity contribution is 5.99. The minimum Gasteiger partial charge on any atom is -0.462 e. The summed E-state index contributed by atoms with van der Waals surface area (Å²) in [5.74, 6) is 1.19. The van der Waals surface area contributed by atoms with Gasteiger partial charge in [0.2, 0.25) is 0 Å². The molecule has 3 heterocycles. The number of ketones is 1. The number of Topliss-reactive ketones (excluding diaryl/α,β-unsaturated/α-hetero) is 1. The van der Waals surface area contributed by atoms with Crippen molar-refractivity contribution in [1.29, 1.82) is 0 Å². The molecule has 1 unspecified atom stereocenters. The van der Waals surface area contributed by atoms with Crippen LogP contribution in [0.25, 0.3) is 11.4 Å². The highest BCUT2D eigenvalue weighted by atomic mass is 16.7. The van der Waals surface area contributed by atoms with Gasteiger partial charge in [0.1, 0.15) is 11.9 Å². The molecule has 2 aliphatic heterocycles. The Kier molecular flexibility index (Phi) is 9.47. The van der Waals surface area contributed by atoms with Crippen LogP contribution in [0, 0.1) is 23.7 Å². The van der Waals surface area contributed by atoms with E-state index in [1.807, 2.05) is 25.1 Å². The Morgan fingerprint density at radius 2 is 1.77 bits per heavy atom. The molecule has 1 aromatic carbocycles. The molecule has 0 radical (unpaired) electrons. The lowest BCUT2D eigenvalue weighted by Crippen LogP contribution is -2.47. The van der Waals surface area contributed by atoms with Crippen molar-refractivity contribution in [2.45, 2.75) is 127 Å². The number of H-pyrrole nitrogens is 1. The second-order valence-corrected chi connectivity index (χ2v) is 15.1. The predicted octanol–water partition coefficient (Wildman–Crippen LogP) is 7.17. The van der Waals surface area contributed by atoms with Gasteiger partial charge in [-0.1, -0.05) is 56.7 Å². The van der Waals surface area contributed by atoms with E-state index in [1.54, 1.807) is 0 Å². The highest BCUT2D eigenvalue weighted by Gasteiger charge is 2.54. The Bertz CT molecular complexity index is 1470. The normalized spacial score (nSPS) is 37.6. The number of likely N-dealkylation sites (N-methyl/N-ethyl adjacent to an activating group) is 1. The number of nitrogens with one attached hydrogen (secondary N) is 1. The summed E-state index contributed by atoms with van der Waals surface area (Å²) in [7, 11) is 4.20. The van der Waals surface area contributed by atoms with E-state index in [0.717, 1.165) is 86.1 Å². The van der Waals surface area contributed by atoms with Gasteiger partial charge in [-0.05, 0) is 89.8 Å². The van der Waals surface area contributed by atoms with E-state index in [9.17, 15) is 9.59 Å². The number of cyclic esters (lactones) is 1.